The Bertz CT molecular complexity index is 910. The van der Waals surface area contributed by atoms with E-state index in [9.17, 15) is 0 Å². The third-order valence-corrected chi connectivity index (χ3v) is 6.07. The van der Waals surface area contributed by atoms with Gasteiger partial charge < -0.3 is 9.64 Å². The van der Waals surface area contributed by atoms with Crippen LogP contribution >= 0.6 is 22.9 Å². The van der Waals surface area contributed by atoms with E-state index in [-0.39, 0.29) is 6.04 Å². The standard InChI is InChI=1S/C23H27ClN2OS/c1-5-13-26(21(15-27-4)18-9-7-6-8-10-18)23-25-22(17(3)28-23)20-12-11-19(24)14-16(20)2/h6-12,14,21H,5,13,15H2,1-4H3. The molecule has 0 aliphatic carbocycles. The molecule has 1 unspecified atom stereocenters. The number of aryl methyl sites for hydroxylation is 2. The topological polar surface area (TPSA) is 25.4 Å². The molecule has 0 aliphatic heterocycles. The van der Waals surface area contributed by atoms with Gasteiger partial charge >= 0.3 is 0 Å². The zero-order valence-corrected chi connectivity index (χ0v) is 18.5. The highest BCUT2D eigenvalue weighted by Crippen LogP contribution is 2.38. The van der Waals surface area contributed by atoms with Crippen LogP contribution in [0.3, 0.4) is 0 Å². The van der Waals surface area contributed by atoms with Crippen LogP contribution in [-0.4, -0.2) is 25.2 Å². The summed E-state index contributed by atoms with van der Waals surface area (Å²) in [4.78, 5) is 8.66. The van der Waals surface area contributed by atoms with Crippen molar-refractivity contribution in [1.82, 2.24) is 4.98 Å². The molecule has 1 aromatic heterocycles. The minimum absolute atomic E-state index is 0.135. The molecule has 0 amide bonds. The Balaban J connectivity index is 2.02. The lowest BCUT2D eigenvalue weighted by atomic mass is 10.1. The summed E-state index contributed by atoms with van der Waals surface area (Å²) in [5.41, 5.74) is 4.57. The number of aromatic nitrogens is 1. The van der Waals surface area contributed by atoms with Crippen LogP contribution in [0.25, 0.3) is 11.3 Å². The van der Waals surface area contributed by atoms with Crippen LogP contribution in [0.2, 0.25) is 5.02 Å². The van der Waals surface area contributed by atoms with Crippen molar-refractivity contribution in [2.24, 2.45) is 0 Å². The molecule has 148 valence electrons. The Morgan fingerprint density at radius 3 is 2.54 bits per heavy atom. The summed E-state index contributed by atoms with van der Waals surface area (Å²) in [6.45, 7) is 7.98. The number of thiazole rings is 1. The molecule has 3 nitrogen and oxygen atoms in total. The van der Waals surface area contributed by atoms with Gasteiger partial charge in [-0.2, -0.15) is 0 Å². The maximum atomic E-state index is 6.15. The minimum atomic E-state index is 0.135. The first-order valence-electron chi connectivity index (χ1n) is 9.59. The predicted molar refractivity (Wildman–Crippen MR) is 121 cm³/mol. The molecule has 0 radical (unpaired) electrons. The Morgan fingerprint density at radius 2 is 1.89 bits per heavy atom. The number of halogens is 1. The van der Waals surface area contributed by atoms with Gasteiger partial charge in [0.25, 0.3) is 0 Å². The summed E-state index contributed by atoms with van der Waals surface area (Å²) in [6, 6.07) is 16.7. The van der Waals surface area contributed by atoms with Crippen molar-refractivity contribution in [3.05, 3.63) is 69.6 Å². The van der Waals surface area contributed by atoms with E-state index in [0.29, 0.717) is 6.61 Å². The second-order valence-corrected chi connectivity index (χ2v) is 8.55. The zero-order chi connectivity index (χ0) is 20.1. The van der Waals surface area contributed by atoms with Crippen LogP contribution in [0.15, 0.2) is 48.5 Å². The normalized spacial score (nSPS) is 12.2. The van der Waals surface area contributed by atoms with Gasteiger partial charge in [-0.15, -0.1) is 11.3 Å². The van der Waals surface area contributed by atoms with E-state index in [0.717, 1.165) is 39.9 Å². The summed E-state index contributed by atoms with van der Waals surface area (Å²) in [5.74, 6) is 0. The first-order chi connectivity index (χ1) is 13.5. The zero-order valence-electron chi connectivity index (χ0n) is 16.9. The molecule has 2 aromatic carbocycles. The fourth-order valence-electron chi connectivity index (χ4n) is 3.47. The van der Waals surface area contributed by atoms with Crippen LogP contribution in [0, 0.1) is 13.8 Å². The number of rotatable bonds is 8. The lowest BCUT2D eigenvalue weighted by molar-refractivity contribution is 0.177. The second kappa shape index (κ2) is 9.55. The monoisotopic (exact) mass is 414 g/mol. The van der Waals surface area contributed by atoms with Crippen molar-refractivity contribution in [2.75, 3.05) is 25.2 Å². The molecule has 5 heteroatoms. The van der Waals surface area contributed by atoms with Gasteiger partial charge in [-0.25, -0.2) is 4.98 Å². The Morgan fingerprint density at radius 1 is 1.14 bits per heavy atom. The van der Waals surface area contributed by atoms with Gasteiger partial charge in [0, 0.05) is 29.1 Å². The van der Waals surface area contributed by atoms with E-state index in [4.69, 9.17) is 21.3 Å². The largest absolute Gasteiger partial charge is 0.382 e. The number of hydrogen-bond donors (Lipinski definition) is 0. The first-order valence-corrected chi connectivity index (χ1v) is 10.8. The van der Waals surface area contributed by atoms with Crippen molar-refractivity contribution in [2.45, 2.75) is 33.2 Å². The molecule has 0 aliphatic rings. The lowest BCUT2D eigenvalue weighted by Crippen LogP contribution is -2.32. The van der Waals surface area contributed by atoms with Gasteiger partial charge in [0.05, 0.1) is 18.3 Å². The molecular formula is C23H27ClN2OS. The van der Waals surface area contributed by atoms with E-state index in [1.807, 2.05) is 18.2 Å². The van der Waals surface area contributed by atoms with Gasteiger partial charge in [-0.1, -0.05) is 54.9 Å². The van der Waals surface area contributed by atoms with Gasteiger partial charge in [-0.3, -0.25) is 0 Å². The van der Waals surface area contributed by atoms with Crippen LogP contribution in [0.5, 0.6) is 0 Å². The van der Waals surface area contributed by atoms with E-state index < -0.39 is 0 Å². The average Bonchev–Trinajstić information content (AvgIpc) is 3.06. The molecule has 1 heterocycles. The molecule has 0 fully saturated rings. The Hall–Kier alpha value is -1.88. The van der Waals surface area contributed by atoms with E-state index in [1.54, 1.807) is 18.4 Å². The Kier molecular flexibility index (Phi) is 7.11. The fourth-order valence-corrected chi connectivity index (χ4v) is 4.70. The highest BCUT2D eigenvalue weighted by atomic mass is 35.5. The molecule has 3 rings (SSSR count). The number of hydrogen-bond acceptors (Lipinski definition) is 4. The molecule has 0 saturated carbocycles. The molecule has 0 saturated heterocycles. The highest BCUT2D eigenvalue weighted by Gasteiger charge is 2.24. The van der Waals surface area contributed by atoms with Crippen molar-refractivity contribution in [3.8, 4) is 11.3 Å². The van der Waals surface area contributed by atoms with Gasteiger partial charge in [-0.05, 0) is 43.5 Å². The molecular weight excluding hydrogens is 388 g/mol. The number of anilines is 1. The quantitative estimate of drug-likeness (QED) is 0.410. The lowest BCUT2D eigenvalue weighted by Gasteiger charge is -2.31. The summed E-state index contributed by atoms with van der Waals surface area (Å²) >= 11 is 7.89. The second-order valence-electron chi connectivity index (χ2n) is 6.94. The maximum absolute atomic E-state index is 6.15. The number of ether oxygens (including phenoxy) is 1. The van der Waals surface area contributed by atoms with Gasteiger partial charge in [0.15, 0.2) is 5.13 Å². The first kappa shape index (κ1) is 20.8. The van der Waals surface area contributed by atoms with Crippen LogP contribution in [0.4, 0.5) is 5.13 Å². The van der Waals surface area contributed by atoms with E-state index in [1.165, 1.54) is 10.4 Å². The third-order valence-electron chi connectivity index (χ3n) is 4.82. The van der Waals surface area contributed by atoms with Crippen molar-refractivity contribution in [1.29, 1.82) is 0 Å². The summed E-state index contributed by atoms with van der Waals surface area (Å²) < 4.78 is 5.58. The fraction of sp³-hybridized carbons (Fsp3) is 0.348. The molecule has 0 N–H and O–H groups in total. The number of nitrogens with zero attached hydrogens (tertiary/aromatic N) is 2. The molecule has 0 bridgehead atoms. The van der Waals surface area contributed by atoms with Crippen molar-refractivity contribution >= 4 is 28.1 Å². The van der Waals surface area contributed by atoms with Crippen LogP contribution in [-0.2, 0) is 4.74 Å². The number of methoxy groups -OCH3 is 1. The van der Waals surface area contributed by atoms with Crippen LogP contribution < -0.4 is 4.90 Å². The molecule has 3 aromatic rings. The third kappa shape index (κ3) is 4.57. The van der Waals surface area contributed by atoms with Crippen molar-refractivity contribution in [3.63, 3.8) is 0 Å². The Labute approximate surface area is 177 Å². The average molecular weight is 415 g/mol. The summed E-state index contributed by atoms with van der Waals surface area (Å²) in [6.07, 6.45) is 1.04. The summed E-state index contributed by atoms with van der Waals surface area (Å²) in [7, 11) is 1.76. The minimum Gasteiger partial charge on any atom is -0.382 e. The maximum Gasteiger partial charge on any atom is 0.186 e. The summed E-state index contributed by atoms with van der Waals surface area (Å²) in [5, 5.41) is 1.79. The van der Waals surface area contributed by atoms with E-state index >= 15 is 0 Å². The highest BCUT2D eigenvalue weighted by molar-refractivity contribution is 7.16. The smallest absolute Gasteiger partial charge is 0.186 e. The van der Waals surface area contributed by atoms with E-state index in [2.05, 4.69) is 56.0 Å². The van der Waals surface area contributed by atoms with Crippen molar-refractivity contribution < 1.29 is 4.74 Å². The molecule has 0 spiro atoms. The van der Waals surface area contributed by atoms with Gasteiger partial charge in [0.1, 0.15) is 0 Å². The predicted octanol–water partition coefficient (Wildman–Crippen LogP) is 6.68. The molecule has 1 atom stereocenters. The van der Waals surface area contributed by atoms with Gasteiger partial charge in [0.2, 0.25) is 0 Å². The number of benzene rings is 2. The SMILES string of the molecule is CCCN(c1nc(-c2ccc(Cl)cc2C)c(C)s1)C(COC)c1ccccc1. The van der Waals surface area contributed by atoms with Crippen LogP contribution in [0.1, 0.15) is 35.4 Å². The molecule has 28 heavy (non-hydrogen) atoms.